The first-order valence-electron chi connectivity index (χ1n) is 6.94. The Kier molecular flexibility index (Phi) is 4.30. The van der Waals surface area contributed by atoms with Gasteiger partial charge in [0.25, 0.3) is 5.91 Å². The highest BCUT2D eigenvalue weighted by Gasteiger charge is 2.39. The highest BCUT2D eigenvalue weighted by molar-refractivity contribution is 6.07. The minimum Gasteiger partial charge on any atom is -0.443 e. The number of imide groups is 1. The van der Waals surface area contributed by atoms with E-state index < -0.39 is 29.7 Å². The number of amides is 3. The number of fused-ring (bicyclic) bond motifs is 1. The molecule has 1 heterocycles. The molecule has 6 nitrogen and oxygen atoms in total. The number of alkyl halides is 3. The average molecular weight is 344 g/mol. The molecule has 1 aromatic carbocycles. The third-order valence-corrected chi connectivity index (χ3v) is 3.04. The largest absolute Gasteiger partial charge is 0.471 e. The zero-order chi connectivity index (χ0) is 18.3. The van der Waals surface area contributed by atoms with Gasteiger partial charge in [-0.15, -0.1) is 0 Å². The van der Waals surface area contributed by atoms with Gasteiger partial charge in [-0.05, 0) is 44.5 Å². The Morgan fingerprint density at radius 3 is 2.38 bits per heavy atom. The van der Waals surface area contributed by atoms with Crippen molar-refractivity contribution in [2.75, 3.05) is 5.32 Å². The van der Waals surface area contributed by atoms with E-state index in [0.29, 0.717) is 5.56 Å². The molecule has 24 heavy (non-hydrogen) atoms. The zero-order valence-corrected chi connectivity index (χ0v) is 13.2. The van der Waals surface area contributed by atoms with Gasteiger partial charge in [-0.3, -0.25) is 9.59 Å². The summed E-state index contributed by atoms with van der Waals surface area (Å²) >= 11 is 0. The minimum atomic E-state index is -5.02. The number of hydrogen-bond acceptors (Lipinski definition) is 4. The summed E-state index contributed by atoms with van der Waals surface area (Å²) in [4.78, 5) is 36.0. The third kappa shape index (κ3) is 3.84. The first kappa shape index (κ1) is 17.8. The molecule has 1 aromatic rings. The fourth-order valence-electron chi connectivity index (χ4n) is 2.06. The number of nitrogens with one attached hydrogen (secondary N) is 1. The van der Waals surface area contributed by atoms with E-state index in [0.717, 1.165) is 4.90 Å². The smallest absolute Gasteiger partial charge is 0.443 e. The van der Waals surface area contributed by atoms with E-state index in [2.05, 4.69) is 0 Å². The fourth-order valence-corrected chi connectivity index (χ4v) is 2.06. The predicted octanol–water partition coefficient (Wildman–Crippen LogP) is 3.08. The van der Waals surface area contributed by atoms with Crippen molar-refractivity contribution in [2.45, 2.75) is 39.1 Å². The second-order valence-electron chi connectivity index (χ2n) is 6.20. The van der Waals surface area contributed by atoms with Crippen LogP contribution in [0.25, 0.3) is 0 Å². The normalized spacial score (nSPS) is 14.4. The molecular weight excluding hydrogens is 329 g/mol. The molecule has 0 radical (unpaired) electrons. The summed E-state index contributed by atoms with van der Waals surface area (Å²) < 4.78 is 41.9. The van der Waals surface area contributed by atoms with Gasteiger partial charge in [0.05, 0.1) is 6.54 Å². The SMILES string of the molecule is CC(C)(C)OC(=O)N1Cc2cc(NC(=O)C(F)(F)F)ccc2C1=O. The van der Waals surface area contributed by atoms with Crippen LogP contribution < -0.4 is 5.32 Å². The lowest BCUT2D eigenvalue weighted by atomic mass is 10.1. The number of nitrogens with zero attached hydrogens (tertiary/aromatic N) is 1. The van der Waals surface area contributed by atoms with Crippen LogP contribution in [0.2, 0.25) is 0 Å². The molecule has 0 atom stereocenters. The van der Waals surface area contributed by atoms with Gasteiger partial charge >= 0.3 is 18.2 Å². The number of anilines is 1. The molecule has 0 bridgehead atoms. The van der Waals surface area contributed by atoms with E-state index >= 15 is 0 Å². The molecule has 3 amide bonds. The van der Waals surface area contributed by atoms with Crippen molar-refractivity contribution in [3.63, 3.8) is 0 Å². The van der Waals surface area contributed by atoms with Crippen LogP contribution in [-0.2, 0) is 16.1 Å². The summed E-state index contributed by atoms with van der Waals surface area (Å²) in [6, 6.07) is 3.65. The molecule has 1 aliphatic heterocycles. The van der Waals surface area contributed by atoms with Crippen LogP contribution in [0.15, 0.2) is 18.2 Å². The molecule has 1 N–H and O–H groups in total. The number of ether oxygens (including phenoxy) is 1. The van der Waals surface area contributed by atoms with E-state index in [1.54, 1.807) is 26.1 Å². The fraction of sp³-hybridized carbons (Fsp3) is 0.400. The maximum Gasteiger partial charge on any atom is 0.471 e. The molecular formula is C15H15F3N2O4. The standard InChI is InChI=1S/C15H15F3N2O4/c1-14(2,3)24-13(23)20-7-8-6-9(4-5-10(8)11(20)21)19-12(22)15(16,17)18/h4-6H,7H2,1-3H3,(H,19,22). The molecule has 130 valence electrons. The number of halogens is 3. The van der Waals surface area contributed by atoms with Gasteiger partial charge < -0.3 is 10.1 Å². The summed E-state index contributed by atoms with van der Waals surface area (Å²) in [5.74, 6) is -2.72. The summed E-state index contributed by atoms with van der Waals surface area (Å²) in [7, 11) is 0. The first-order valence-corrected chi connectivity index (χ1v) is 6.94. The monoisotopic (exact) mass is 344 g/mol. The Hall–Kier alpha value is -2.58. The van der Waals surface area contributed by atoms with Crippen LogP contribution in [0.5, 0.6) is 0 Å². The molecule has 0 fully saturated rings. The van der Waals surface area contributed by atoms with Crippen molar-refractivity contribution < 1.29 is 32.3 Å². The number of hydrogen-bond donors (Lipinski definition) is 1. The van der Waals surface area contributed by atoms with Crippen molar-refractivity contribution in [3.05, 3.63) is 29.3 Å². The van der Waals surface area contributed by atoms with E-state index in [9.17, 15) is 27.6 Å². The van der Waals surface area contributed by atoms with E-state index in [4.69, 9.17) is 4.74 Å². The van der Waals surface area contributed by atoms with E-state index in [1.807, 2.05) is 0 Å². The van der Waals surface area contributed by atoms with Crippen molar-refractivity contribution in [1.82, 2.24) is 4.90 Å². The Bertz CT molecular complexity index is 708. The van der Waals surface area contributed by atoms with Gasteiger partial charge in [0, 0.05) is 11.3 Å². The third-order valence-electron chi connectivity index (χ3n) is 3.04. The second kappa shape index (κ2) is 5.81. The maximum atomic E-state index is 12.3. The molecule has 0 spiro atoms. The number of carbonyl (C=O) groups excluding carboxylic acids is 3. The van der Waals surface area contributed by atoms with E-state index in [-0.39, 0.29) is 17.8 Å². The molecule has 0 saturated carbocycles. The minimum absolute atomic E-state index is 0.116. The van der Waals surface area contributed by atoms with Gasteiger partial charge in [-0.25, -0.2) is 9.69 Å². The molecule has 0 saturated heterocycles. The Balaban J connectivity index is 2.17. The van der Waals surface area contributed by atoms with Gasteiger partial charge in [0.1, 0.15) is 5.60 Å². The first-order chi connectivity index (χ1) is 10.9. The summed E-state index contributed by atoms with van der Waals surface area (Å²) in [6.45, 7) is 4.79. The molecule has 0 aromatic heterocycles. The van der Waals surface area contributed by atoms with Gasteiger partial charge in [0.15, 0.2) is 0 Å². The lowest BCUT2D eigenvalue weighted by Crippen LogP contribution is -2.36. The van der Waals surface area contributed by atoms with Crippen molar-refractivity contribution in [2.24, 2.45) is 0 Å². The number of carbonyl (C=O) groups is 3. The Morgan fingerprint density at radius 1 is 1.21 bits per heavy atom. The van der Waals surface area contributed by atoms with E-state index in [1.165, 1.54) is 18.2 Å². The number of benzene rings is 1. The summed E-state index contributed by atoms with van der Waals surface area (Å²) in [5.41, 5.74) is -0.413. The Labute approximate surface area is 135 Å². The van der Waals surface area contributed by atoms with Gasteiger partial charge in [0.2, 0.25) is 0 Å². The number of rotatable bonds is 1. The zero-order valence-electron chi connectivity index (χ0n) is 13.2. The van der Waals surface area contributed by atoms with Crippen LogP contribution in [0.4, 0.5) is 23.7 Å². The topological polar surface area (TPSA) is 75.7 Å². The molecule has 0 unspecified atom stereocenters. The summed E-state index contributed by atoms with van der Waals surface area (Å²) in [6.07, 6.45) is -5.86. The van der Waals surface area contributed by atoms with Crippen molar-refractivity contribution in [3.8, 4) is 0 Å². The van der Waals surface area contributed by atoms with Crippen molar-refractivity contribution >= 4 is 23.6 Å². The second-order valence-corrected chi connectivity index (χ2v) is 6.20. The lowest BCUT2D eigenvalue weighted by molar-refractivity contribution is -0.167. The average Bonchev–Trinajstić information content (AvgIpc) is 2.73. The highest BCUT2D eigenvalue weighted by Crippen LogP contribution is 2.28. The predicted molar refractivity (Wildman–Crippen MR) is 77.2 cm³/mol. The van der Waals surface area contributed by atoms with Crippen LogP contribution in [0.1, 0.15) is 36.7 Å². The quantitative estimate of drug-likeness (QED) is 0.849. The molecule has 0 aliphatic carbocycles. The Morgan fingerprint density at radius 2 is 1.83 bits per heavy atom. The molecule has 1 aliphatic rings. The van der Waals surface area contributed by atoms with Crippen LogP contribution >= 0.6 is 0 Å². The maximum absolute atomic E-state index is 12.3. The molecule has 9 heteroatoms. The van der Waals surface area contributed by atoms with Crippen LogP contribution in [0.3, 0.4) is 0 Å². The van der Waals surface area contributed by atoms with Gasteiger partial charge in [-0.1, -0.05) is 0 Å². The van der Waals surface area contributed by atoms with Crippen LogP contribution in [0, 0.1) is 0 Å². The molecule has 2 rings (SSSR count). The highest BCUT2D eigenvalue weighted by atomic mass is 19.4. The van der Waals surface area contributed by atoms with Crippen LogP contribution in [-0.4, -0.2) is 34.6 Å². The van der Waals surface area contributed by atoms with Gasteiger partial charge in [-0.2, -0.15) is 13.2 Å². The summed E-state index contributed by atoms with van der Waals surface area (Å²) in [5, 5.41) is 1.70. The van der Waals surface area contributed by atoms with Crippen molar-refractivity contribution in [1.29, 1.82) is 0 Å². The lowest BCUT2D eigenvalue weighted by Gasteiger charge is -2.23.